The van der Waals surface area contributed by atoms with Gasteiger partial charge in [0.25, 0.3) is 5.91 Å². The number of benzene rings is 2. The van der Waals surface area contributed by atoms with E-state index >= 15 is 0 Å². The van der Waals surface area contributed by atoms with Gasteiger partial charge in [0.05, 0.1) is 22.7 Å². The molecule has 0 heterocycles. The second-order valence-electron chi connectivity index (χ2n) is 6.02. The maximum Gasteiger partial charge on any atom is 0.446 e. The van der Waals surface area contributed by atoms with Crippen LogP contribution in [0, 0.1) is 22.7 Å². The van der Waals surface area contributed by atoms with Crippen LogP contribution in [0.3, 0.4) is 0 Å². The fourth-order valence-corrected chi connectivity index (χ4v) is 2.84. The number of hydrogen-bond donors (Lipinski definition) is 1. The van der Waals surface area contributed by atoms with Crippen LogP contribution in [0.25, 0.3) is 0 Å². The van der Waals surface area contributed by atoms with Gasteiger partial charge in [0.15, 0.2) is 5.54 Å². The van der Waals surface area contributed by atoms with E-state index in [-0.39, 0.29) is 39.6 Å². The predicted molar refractivity (Wildman–Crippen MR) is 102 cm³/mol. The number of carbonyl (C=O) groups excluding carboxylic acids is 1. The van der Waals surface area contributed by atoms with E-state index in [9.17, 15) is 23.2 Å². The molecular weight excluding hydrogens is 427 g/mol. The highest BCUT2D eigenvalue weighted by atomic mass is 35.5. The minimum absolute atomic E-state index is 0.0626. The van der Waals surface area contributed by atoms with Crippen molar-refractivity contribution in [2.75, 3.05) is 6.61 Å². The van der Waals surface area contributed by atoms with Gasteiger partial charge in [-0.1, -0.05) is 11.6 Å². The first-order valence-corrected chi connectivity index (χ1v) is 9.17. The number of carbonyl (C=O) groups is 1. The number of ether oxygens (including phenoxy) is 1. The van der Waals surface area contributed by atoms with Crippen LogP contribution in [0.5, 0.6) is 5.75 Å². The Kier molecular flexibility index (Phi) is 7.02. The lowest BCUT2D eigenvalue weighted by Gasteiger charge is -2.24. The highest BCUT2D eigenvalue weighted by Gasteiger charge is 2.30. The van der Waals surface area contributed by atoms with Gasteiger partial charge in [0.1, 0.15) is 12.4 Å². The average Bonchev–Trinajstić information content (AvgIpc) is 2.66. The standard InChI is InChI=1S/C19H13ClF3N3O2S/c1-18(10-25,11-28-16-8-12(9-24)2-7-15(16)20)26-17(27)13-3-5-14(6-4-13)29-19(21,22)23/h2-8H,11H2,1H3,(H,26,27). The van der Waals surface area contributed by atoms with Gasteiger partial charge in [-0.15, -0.1) is 0 Å². The Morgan fingerprint density at radius 3 is 2.41 bits per heavy atom. The van der Waals surface area contributed by atoms with E-state index in [0.29, 0.717) is 5.56 Å². The van der Waals surface area contributed by atoms with Crippen LogP contribution >= 0.6 is 23.4 Å². The van der Waals surface area contributed by atoms with Crippen LogP contribution in [0.4, 0.5) is 13.2 Å². The molecule has 0 saturated heterocycles. The SMILES string of the molecule is CC(C#N)(COc1cc(C#N)ccc1Cl)NC(=O)c1ccc(SC(F)(F)F)cc1. The molecule has 5 nitrogen and oxygen atoms in total. The zero-order chi connectivity index (χ0) is 21.7. The third kappa shape index (κ3) is 6.60. The van der Waals surface area contributed by atoms with Gasteiger partial charge in [-0.3, -0.25) is 4.79 Å². The Hall–Kier alpha value is -2.88. The highest BCUT2D eigenvalue weighted by Crippen LogP contribution is 2.36. The number of nitriles is 2. The molecule has 0 bridgehead atoms. The first-order valence-electron chi connectivity index (χ1n) is 7.97. The molecule has 0 aromatic heterocycles. The van der Waals surface area contributed by atoms with Crippen molar-refractivity contribution in [3.63, 3.8) is 0 Å². The van der Waals surface area contributed by atoms with Crippen molar-refractivity contribution >= 4 is 29.3 Å². The van der Waals surface area contributed by atoms with E-state index in [4.69, 9.17) is 21.6 Å². The largest absolute Gasteiger partial charge is 0.488 e. The molecule has 2 rings (SSSR count). The van der Waals surface area contributed by atoms with E-state index in [1.54, 1.807) is 0 Å². The van der Waals surface area contributed by atoms with Gasteiger partial charge in [-0.05, 0) is 61.2 Å². The monoisotopic (exact) mass is 439 g/mol. The summed E-state index contributed by atoms with van der Waals surface area (Å²) >= 11 is 5.71. The zero-order valence-corrected chi connectivity index (χ0v) is 16.5. The maximum absolute atomic E-state index is 12.4. The summed E-state index contributed by atoms with van der Waals surface area (Å²) in [6.07, 6.45) is 0. The molecule has 29 heavy (non-hydrogen) atoms. The summed E-state index contributed by atoms with van der Waals surface area (Å²) < 4.78 is 42.6. The van der Waals surface area contributed by atoms with Crippen LogP contribution < -0.4 is 10.1 Å². The van der Waals surface area contributed by atoms with E-state index in [0.717, 1.165) is 0 Å². The van der Waals surface area contributed by atoms with Gasteiger partial charge < -0.3 is 10.1 Å². The Morgan fingerprint density at radius 2 is 1.86 bits per heavy atom. The maximum atomic E-state index is 12.4. The molecule has 10 heteroatoms. The second kappa shape index (κ2) is 9.08. The third-order valence-electron chi connectivity index (χ3n) is 3.56. The lowest BCUT2D eigenvalue weighted by atomic mass is 10.1. The Morgan fingerprint density at radius 1 is 1.21 bits per heavy atom. The van der Waals surface area contributed by atoms with E-state index < -0.39 is 17.0 Å². The van der Waals surface area contributed by atoms with Crippen LogP contribution in [0.1, 0.15) is 22.8 Å². The van der Waals surface area contributed by atoms with E-state index in [1.807, 2.05) is 12.1 Å². The smallest absolute Gasteiger partial charge is 0.446 e. The highest BCUT2D eigenvalue weighted by molar-refractivity contribution is 8.00. The van der Waals surface area contributed by atoms with Crippen molar-refractivity contribution in [3.8, 4) is 17.9 Å². The van der Waals surface area contributed by atoms with Crippen molar-refractivity contribution in [1.29, 1.82) is 10.5 Å². The Labute approximate surface area is 174 Å². The fraction of sp³-hybridized carbons (Fsp3) is 0.211. The molecule has 1 unspecified atom stereocenters. The molecule has 1 atom stereocenters. The quantitative estimate of drug-likeness (QED) is 0.646. The van der Waals surface area contributed by atoms with Crippen LogP contribution in [0.15, 0.2) is 47.4 Å². The number of alkyl halides is 3. The number of amides is 1. The minimum Gasteiger partial charge on any atom is -0.488 e. The number of rotatable bonds is 6. The topological polar surface area (TPSA) is 85.9 Å². The molecular formula is C19H13ClF3N3O2S. The molecule has 0 aliphatic rings. The fourth-order valence-electron chi connectivity index (χ4n) is 2.13. The van der Waals surface area contributed by atoms with Crippen molar-refractivity contribution in [1.82, 2.24) is 5.32 Å². The molecule has 150 valence electrons. The normalized spacial score (nSPS) is 12.9. The summed E-state index contributed by atoms with van der Waals surface area (Å²) in [7, 11) is 0. The van der Waals surface area contributed by atoms with Gasteiger partial charge in [0, 0.05) is 10.5 Å². The Bertz CT molecular complexity index is 984. The van der Waals surface area contributed by atoms with Crippen LogP contribution in [-0.4, -0.2) is 23.6 Å². The molecule has 0 fully saturated rings. The average molecular weight is 440 g/mol. The van der Waals surface area contributed by atoms with Gasteiger partial charge in [-0.25, -0.2) is 0 Å². The number of thioether (sulfide) groups is 1. The molecule has 1 amide bonds. The molecule has 0 radical (unpaired) electrons. The molecule has 2 aromatic rings. The number of nitrogens with zero attached hydrogens (tertiary/aromatic N) is 2. The number of halogens is 4. The molecule has 1 N–H and O–H groups in total. The van der Waals surface area contributed by atoms with E-state index in [2.05, 4.69) is 5.32 Å². The zero-order valence-electron chi connectivity index (χ0n) is 14.9. The molecule has 0 aliphatic carbocycles. The molecule has 2 aromatic carbocycles. The first-order chi connectivity index (χ1) is 13.5. The van der Waals surface area contributed by atoms with E-state index in [1.165, 1.54) is 49.4 Å². The van der Waals surface area contributed by atoms with Gasteiger partial charge >= 0.3 is 5.51 Å². The van der Waals surface area contributed by atoms with Gasteiger partial charge in [0.2, 0.25) is 0 Å². The second-order valence-corrected chi connectivity index (χ2v) is 7.56. The molecule has 0 spiro atoms. The lowest BCUT2D eigenvalue weighted by molar-refractivity contribution is -0.0328. The Balaban J connectivity index is 2.07. The number of nitrogens with one attached hydrogen (secondary N) is 1. The summed E-state index contributed by atoms with van der Waals surface area (Å²) in [4.78, 5) is 12.3. The summed E-state index contributed by atoms with van der Waals surface area (Å²) in [5, 5.41) is 21.1. The van der Waals surface area contributed by atoms with Crippen molar-refractivity contribution in [2.45, 2.75) is 22.9 Å². The summed E-state index contributed by atoms with van der Waals surface area (Å²) in [5.41, 5.74) is -5.49. The van der Waals surface area contributed by atoms with Crippen molar-refractivity contribution in [3.05, 3.63) is 58.6 Å². The molecule has 0 saturated carbocycles. The minimum atomic E-state index is -4.43. The molecule has 0 aliphatic heterocycles. The third-order valence-corrected chi connectivity index (χ3v) is 4.61. The summed E-state index contributed by atoms with van der Waals surface area (Å²) in [6.45, 7) is 1.15. The van der Waals surface area contributed by atoms with Crippen molar-refractivity contribution < 1.29 is 22.7 Å². The summed E-state index contributed by atoms with van der Waals surface area (Å²) in [5.74, 6) is -0.479. The van der Waals surface area contributed by atoms with Crippen molar-refractivity contribution in [2.24, 2.45) is 0 Å². The lowest BCUT2D eigenvalue weighted by Crippen LogP contribution is -2.49. The van der Waals surface area contributed by atoms with Crippen LogP contribution in [0.2, 0.25) is 5.02 Å². The van der Waals surface area contributed by atoms with Gasteiger partial charge in [-0.2, -0.15) is 23.7 Å². The van der Waals surface area contributed by atoms with Crippen LogP contribution in [-0.2, 0) is 0 Å². The summed E-state index contributed by atoms with van der Waals surface area (Å²) in [6, 6.07) is 13.0. The first kappa shape index (κ1) is 22.4. The number of hydrogen-bond acceptors (Lipinski definition) is 5. The predicted octanol–water partition coefficient (Wildman–Crippen LogP) is 4.91.